The van der Waals surface area contributed by atoms with Gasteiger partial charge in [-0.25, -0.2) is 9.37 Å². The van der Waals surface area contributed by atoms with E-state index in [1.165, 1.54) is 23.5 Å². The molecule has 6 heteroatoms. The van der Waals surface area contributed by atoms with E-state index >= 15 is 0 Å². The second kappa shape index (κ2) is 9.67. The van der Waals surface area contributed by atoms with Crippen molar-refractivity contribution in [1.29, 1.82) is 0 Å². The summed E-state index contributed by atoms with van der Waals surface area (Å²) in [7, 11) is 0. The van der Waals surface area contributed by atoms with E-state index in [0.717, 1.165) is 34.7 Å². The van der Waals surface area contributed by atoms with Gasteiger partial charge in [-0.3, -0.25) is 4.79 Å². The predicted molar refractivity (Wildman–Crippen MR) is 112 cm³/mol. The van der Waals surface area contributed by atoms with Crippen LogP contribution in [-0.2, 0) is 16.3 Å². The van der Waals surface area contributed by atoms with Crippen LogP contribution in [0, 0.1) is 5.82 Å². The molecule has 0 aliphatic heterocycles. The molecule has 3 aromatic rings. The van der Waals surface area contributed by atoms with Gasteiger partial charge in [0, 0.05) is 16.9 Å². The minimum atomic E-state index is -0.218. The number of thioether (sulfide) groups is 1. The number of aromatic nitrogens is 1. The Morgan fingerprint density at radius 1 is 1.15 bits per heavy atom. The number of nitrogens with one attached hydrogen (secondary N) is 1. The van der Waals surface area contributed by atoms with E-state index in [9.17, 15) is 9.18 Å². The lowest BCUT2D eigenvalue weighted by Gasteiger charge is -2.14. The molecule has 1 aromatic heterocycles. The van der Waals surface area contributed by atoms with Gasteiger partial charge in [0.1, 0.15) is 5.82 Å². The second-order valence-corrected chi connectivity index (χ2v) is 7.97. The van der Waals surface area contributed by atoms with E-state index in [4.69, 9.17) is 0 Å². The zero-order valence-electron chi connectivity index (χ0n) is 15.0. The van der Waals surface area contributed by atoms with Crippen molar-refractivity contribution in [2.75, 3.05) is 5.32 Å². The number of hydrogen-bond acceptors (Lipinski definition) is 4. The largest absolute Gasteiger partial charge is 0.301 e. The molecule has 3 nitrogen and oxygen atoms in total. The molecule has 0 aliphatic rings. The number of halogens is 1. The third kappa shape index (κ3) is 5.65. The van der Waals surface area contributed by atoms with Crippen molar-refractivity contribution in [1.82, 2.24) is 4.98 Å². The summed E-state index contributed by atoms with van der Waals surface area (Å²) in [5.41, 5.74) is 3.04. The highest BCUT2D eigenvalue weighted by Gasteiger charge is 2.19. The summed E-state index contributed by atoms with van der Waals surface area (Å²) in [6, 6.07) is 16.3. The molecule has 2 aromatic carbocycles. The quantitative estimate of drug-likeness (QED) is 0.516. The molecule has 0 bridgehead atoms. The Bertz CT molecular complexity index is 865. The molecule has 0 saturated heterocycles. The molecule has 1 heterocycles. The Balaban J connectivity index is 1.52. The zero-order valence-corrected chi connectivity index (χ0v) is 16.7. The molecule has 1 unspecified atom stereocenters. The summed E-state index contributed by atoms with van der Waals surface area (Å²) >= 11 is 3.16. The first kappa shape index (κ1) is 19.6. The molecule has 1 atom stereocenters. The average molecular weight is 401 g/mol. The van der Waals surface area contributed by atoms with Crippen LogP contribution >= 0.6 is 23.1 Å². The topological polar surface area (TPSA) is 42.0 Å². The van der Waals surface area contributed by atoms with Crippen LogP contribution in [0.2, 0.25) is 0 Å². The van der Waals surface area contributed by atoms with Crippen LogP contribution in [0.5, 0.6) is 0 Å². The van der Waals surface area contributed by atoms with Crippen molar-refractivity contribution in [2.45, 2.75) is 30.8 Å². The van der Waals surface area contributed by atoms with E-state index in [0.29, 0.717) is 5.13 Å². The molecule has 3 rings (SSSR count). The summed E-state index contributed by atoms with van der Waals surface area (Å²) in [4.78, 5) is 17.1. The van der Waals surface area contributed by atoms with Crippen molar-refractivity contribution in [3.05, 3.63) is 82.6 Å². The minimum absolute atomic E-state index is 0.0245. The van der Waals surface area contributed by atoms with Gasteiger partial charge in [-0.05, 0) is 29.7 Å². The van der Waals surface area contributed by atoms with Crippen molar-refractivity contribution in [2.24, 2.45) is 0 Å². The van der Waals surface area contributed by atoms with Gasteiger partial charge in [0.25, 0.3) is 0 Å². The van der Waals surface area contributed by atoms with Crippen molar-refractivity contribution < 1.29 is 9.18 Å². The van der Waals surface area contributed by atoms with Gasteiger partial charge < -0.3 is 5.32 Å². The maximum atomic E-state index is 12.9. The molecule has 1 N–H and O–H groups in total. The first-order chi connectivity index (χ1) is 13.2. The van der Waals surface area contributed by atoms with Crippen LogP contribution in [0.3, 0.4) is 0 Å². The molecule has 0 radical (unpaired) electrons. The first-order valence-electron chi connectivity index (χ1n) is 8.78. The van der Waals surface area contributed by atoms with E-state index < -0.39 is 0 Å². The molecule has 140 valence electrons. The number of thiazole rings is 1. The second-order valence-electron chi connectivity index (χ2n) is 6.12. The Morgan fingerprint density at radius 2 is 1.89 bits per heavy atom. The van der Waals surface area contributed by atoms with Crippen LogP contribution in [0.15, 0.2) is 60.0 Å². The normalized spacial score (nSPS) is 11.9. The lowest BCUT2D eigenvalue weighted by Crippen LogP contribution is -2.20. The average Bonchev–Trinajstić information content (AvgIpc) is 3.12. The molecule has 1 amide bonds. The fraction of sp³-hybridized carbons (Fsp3) is 0.238. The molecular weight excluding hydrogens is 379 g/mol. The van der Waals surface area contributed by atoms with E-state index in [1.807, 2.05) is 42.6 Å². The smallest absolute Gasteiger partial charge is 0.233 e. The fourth-order valence-electron chi connectivity index (χ4n) is 2.74. The van der Waals surface area contributed by atoms with Crippen molar-refractivity contribution in [3.8, 4) is 0 Å². The summed E-state index contributed by atoms with van der Waals surface area (Å²) < 4.78 is 12.9. The van der Waals surface area contributed by atoms with Gasteiger partial charge in [0.05, 0.1) is 11.6 Å². The lowest BCUT2D eigenvalue weighted by atomic mass is 9.96. The molecule has 0 aliphatic carbocycles. The fourth-order valence-corrected chi connectivity index (χ4v) is 4.44. The number of rotatable bonds is 8. The summed E-state index contributed by atoms with van der Waals surface area (Å²) in [6.45, 7) is 2.01. The van der Waals surface area contributed by atoms with Gasteiger partial charge in [-0.2, -0.15) is 11.8 Å². The number of carbonyl (C=O) groups is 1. The van der Waals surface area contributed by atoms with Gasteiger partial charge in [0.2, 0.25) is 5.91 Å². The minimum Gasteiger partial charge on any atom is -0.301 e. The molecule has 27 heavy (non-hydrogen) atoms. The summed E-state index contributed by atoms with van der Waals surface area (Å²) in [5.74, 6) is 1.13. The Morgan fingerprint density at radius 3 is 2.59 bits per heavy atom. The number of amides is 1. The first-order valence-corrected chi connectivity index (χ1v) is 10.8. The highest BCUT2D eigenvalue weighted by molar-refractivity contribution is 7.97. The molecule has 0 fully saturated rings. The maximum Gasteiger partial charge on any atom is 0.233 e. The number of carbonyl (C=O) groups excluding carboxylic acids is 1. The Kier molecular flexibility index (Phi) is 7.01. The number of benzene rings is 2. The number of anilines is 1. The zero-order chi connectivity index (χ0) is 19.1. The molecule has 0 spiro atoms. The highest BCUT2D eigenvalue weighted by atomic mass is 32.2. The van der Waals surface area contributed by atoms with Gasteiger partial charge in [-0.15, -0.1) is 11.3 Å². The number of hydrogen-bond donors (Lipinski definition) is 1. The Hall–Kier alpha value is -2.18. The van der Waals surface area contributed by atoms with Gasteiger partial charge in [0.15, 0.2) is 5.13 Å². The SMILES string of the molecule is CCC(C(=O)Nc1nc(CSCc2ccc(F)cc2)cs1)c1ccccc1. The third-order valence-corrected chi connectivity index (χ3v) is 5.98. The predicted octanol–water partition coefficient (Wildman–Crippen LogP) is 5.85. The van der Waals surface area contributed by atoms with Crippen molar-refractivity contribution in [3.63, 3.8) is 0 Å². The monoisotopic (exact) mass is 400 g/mol. The van der Waals surface area contributed by atoms with E-state index in [-0.39, 0.29) is 17.6 Å². The molecular formula is C21H21FN2OS2. The van der Waals surface area contributed by atoms with Gasteiger partial charge >= 0.3 is 0 Å². The van der Waals surface area contributed by atoms with Crippen LogP contribution in [0.4, 0.5) is 9.52 Å². The summed E-state index contributed by atoms with van der Waals surface area (Å²) in [6.07, 6.45) is 0.738. The van der Waals surface area contributed by atoms with Crippen LogP contribution < -0.4 is 5.32 Å². The maximum absolute atomic E-state index is 12.9. The lowest BCUT2D eigenvalue weighted by molar-refractivity contribution is -0.117. The standard InChI is InChI=1S/C21H21FN2OS2/c1-2-19(16-6-4-3-5-7-16)20(25)24-21-23-18(14-27-21)13-26-12-15-8-10-17(22)11-9-15/h3-11,14,19H,2,12-13H2,1H3,(H,23,24,25). The van der Waals surface area contributed by atoms with Crippen LogP contribution in [0.1, 0.15) is 36.1 Å². The van der Waals surface area contributed by atoms with Crippen LogP contribution in [0.25, 0.3) is 0 Å². The van der Waals surface area contributed by atoms with Crippen LogP contribution in [-0.4, -0.2) is 10.9 Å². The third-order valence-electron chi connectivity index (χ3n) is 4.14. The van der Waals surface area contributed by atoms with Gasteiger partial charge in [-0.1, -0.05) is 49.4 Å². The van der Waals surface area contributed by atoms with E-state index in [2.05, 4.69) is 10.3 Å². The van der Waals surface area contributed by atoms with E-state index in [1.54, 1.807) is 23.9 Å². The highest BCUT2D eigenvalue weighted by Crippen LogP contribution is 2.25. The Labute approximate surface area is 167 Å². The summed E-state index contributed by atoms with van der Waals surface area (Å²) in [5, 5.41) is 5.54. The molecule has 0 saturated carbocycles. The number of nitrogens with zero attached hydrogens (tertiary/aromatic N) is 1. The van der Waals surface area contributed by atoms with Crippen molar-refractivity contribution >= 4 is 34.1 Å².